The maximum absolute atomic E-state index is 15.3. The van der Waals surface area contributed by atoms with Crippen molar-refractivity contribution in [1.82, 2.24) is 0 Å². The molecule has 1 atom stereocenters. The lowest BCUT2D eigenvalue weighted by Gasteiger charge is -2.24. The van der Waals surface area contributed by atoms with E-state index >= 15 is 17.6 Å². The van der Waals surface area contributed by atoms with Gasteiger partial charge in [0.15, 0.2) is 23.2 Å². The quantitative estimate of drug-likeness (QED) is 0.159. The van der Waals surface area contributed by atoms with E-state index in [4.69, 9.17) is 14.2 Å². The van der Waals surface area contributed by atoms with E-state index in [2.05, 4.69) is 6.92 Å². The fraction of sp³-hybridized carbons (Fsp3) is 0.290. The van der Waals surface area contributed by atoms with E-state index in [9.17, 15) is 8.78 Å². The van der Waals surface area contributed by atoms with Crippen LogP contribution >= 0.6 is 0 Å². The fourth-order valence-corrected chi connectivity index (χ4v) is 4.96. The summed E-state index contributed by atoms with van der Waals surface area (Å²) in [4.78, 5) is 0. The van der Waals surface area contributed by atoms with Crippen LogP contribution in [0.3, 0.4) is 0 Å². The van der Waals surface area contributed by atoms with Gasteiger partial charge >= 0.3 is 6.11 Å². The number of alkyl halides is 2. The van der Waals surface area contributed by atoms with Crippen LogP contribution in [0.4, 0.5) is 26.3 Å². The number of benzene rings is 4. The Labute approximate surface area is 227 Å². The molecule has 4 aromatic rings. The van der Waals surface area contributed by atoms with Crippen molar-refractivity contribution < 1.29 is 40.6 Å². The van der Waals surface area contributed by atoms with Crippen LogP contribution in [0, 0.1) is 23.3 Å². The summed E-state index contributed by atoms with van der Waals surface area (Å²) >= 11 is 0. The molecular weight excluding hydrogens is 534 g/mol. The van der Waals surface area contributed by atoms with Crippen molar-refractivity contribution in [1.29, 1.82) is 0 Å². The highest BCUT2D eigenvalue weighted by molar-refractivity contribution is 6.08. The van der Waals surface area contributed by atoms with Crippen LogP contribution in [0.1, 0.15) is 50.2 Å². The Morgan fingerprint density at radius 3 is 2.10 bits per heavy atom. The van der Waals surface area contributed by atoms with Crippen LogP contribution in [0.25, 0.3) is 21.5 Å². The van der Waals surface area contributed by atoms with Crippen molar-refractivity contribution in [3.63, 3.8) is 0 Å². The van der Waals surface area contributed by atoms with Gasteiger partial charge in [-0.05, 0) is 66.4 Å². The van der Waals surface area contributed by atoms with E-state index in [0.29, 0.717) is 12.7 Å². The Balaban J connectivity index is 1.45. The highest BCUT2D eigenvalue weighted by Gasteiger charge is 2.40. The SMILES string of the molecule is CCCC1=CCC(c2ccc(OC(F)(F)c3cc4ccc5cc(OCC)c(F)c(F)c5c4c(F)c3F)cc2)CO1. The highest BCUT2D eigenvalue weighted by Crippen LogP contribution is 2.41. The van der Waals surface area contributed by atoms with E-state index in [0.717, 1.165) is 36.7 Å². The molecule has 3 nitrogen and oxygen atoms in total. The molecule has 9 heteroatoms. The summed E-state index contributed by atoms with van der Waals surface area (Å²) in [6.45, 7) is 4.15. The number of fused-ring (bicyclic) bond motifs is 3. The summed E-state index contributed by atoms with van der Waals surface area (Å²) in [5, 5.41) is -1.48. The maximum atomic E-state index is 15.3. The Morgan fingerprint density at radius 1 is 0.850 bits per heavy atom. The molecule has 1 unspecified atom stereocenters. The fourth-order valence-electron chi connectivity index (χ4n) is 4.96. The second-order valence-corrected chi connectivity index (χ2v) is 9.60. The van der Waals surface area contributed by atoms with Crippen LogP contribution in [-0.2, 0) is 10.8 Å². The minimum Gasteiger partial charge on any atom is -0.498 e. The summed E-state index contributed by atoms with van der Waals surface area (Å²) in [5.74, 6) is -6.20. The summed E-state index contributed by atoms with van der Waals surface area (Å²) in [5.41, 5.74) is -0.513. The minimum atomic E-state index is -4.27. The predicted octanol–water partition coefficient (Wildman–Crippen LogP) is 9.26. The monoisotopic (exact) mass is 560 g/mol. The molecule has 0 aliphatic carbocycles. The minimum absolute atomic E-state index is 0.0180. The van der Waals surface area contributed by atoms with Crippen molar-refractivity contribution in [3.05, 3.63) is 94.8 Å². The number of allylic oxidation sites excluding steroid dienone is 2. The summed E-state index contributed by atoms with van der Waals surface area (Å²) in [6.07, 6.45) is 0.329. The molecule has 40 heavy (non-hydrogen) atoms. The van der Waals surface area contributed by atoms with E-state index in [-0.39, 0.29) is 29.0 Å². The van der Waals surface area contributed by atoms with Crippen LogP contribution in [0.15, 0.2) is 60.4 Å². The van der Waals surface area contributed by atoms with Gasteiger partial charge in [0.25, 0.3) is 0 Å². The Kier molecular flexibility index (Phi) is 7.57. The van der Waals surface area contributed by atoms with Crippen LogP contribution < -0.4 is 9.47 Å². The average molecular weight is 561 g/mol. The topological polar surface area (TPSA) is 27.7 Å². The molecule has 1 heterocycles. The van der Waals surface area contributed by atoms with E-state index in [1.807, 2.05) is 6.08 Å². The van der Waals surface area contributed by atoms with Gasteiger partial charge in [0.2, 0.25) is 5.82 Å². The van der Waals surface area contributed by atoms with Crippen LogP contribution in [0.2, 0.25) is 0 Å². The van der Waals surface area contributed by atoms with Gasteiger partial charge in [-0.3, -0.25) is 0 Å². The van der Waals surface area contributed by atoms with Gasteiger partial charge in [0.1, 0.15) is 11.3 Å². The van der Waals surface area contributed by atoms with Gasteiger partial charge in [-0.25, -0.2) is 13.2 Å². The second-order valence-electron chi connectivity index (χ2n) is 9.60. The van der Waals surface area contributed by atoms with Crippen molar-refractivity contribution in [3.8, 4) is 11.5 Å². The number of rotatable bonds is 8. The lowest BCUT2D eigenvalue weighted by molar-refractivity contribution is -0.187. The highest BCUT2D eigenvalue weighted by atomic mass is 19.3. The van der Waals surface area contributed by atoms with Crippen LogP contribution in [-0.4, -0.2) is 13.2 Å². The lowest BCUT2D eigenvalue weighted by Crippen LogP contribution is -2.24. The standard InChI is InChI=1S/C31H26F6O3/c1-3-5-21-11-10-20(16-39-21)17-8-12-22(13-9-17)40-31(36,37)23-14-18-6-7-19-15-24(38-4-2)28(33)30(35)26(19)25(18)29(34)27(23)32/h6-9,11-15,20H,3-5,10,16H2,1-2H3. The Morgan fingerprint density at radius 2 is 1.50 bits per heavy atom. The molecule has 0 saturated heterocycles. The van der Waals surface area contributed by atoms with Gasteiger partial charge in [-0.15, -0.1) is 0 Å². The largest absolute Gasteiger partial charge is 0.498 e. The second kappa shape index (κ2) is 10.9. The molecule has 210 valence electrons. The first-order valence-corrected chi connectivity index (χ1v) is 13.0. The van der Waals surface area contributed by atoms with E-state index < -0.39 is 51.5 Å². The number of halogens is 6. The van der Waals surface area contributed by atoms with Gasteiger partial charge in [0.05, 0.1) is 19.0 Å². The lowest BCUT2D eigenvalue weighted by atomic mass is 9.94. The molecule has 0 spiro atoms. The van der Waals surface area contributed by atoms with Crippen molar-refractivity contribution in [2.24, 2.45) is 0 Å². The predicted molar refractivity (Wildman–Crippen MR) is 140 cm³/mol. The third kappa shape index (κ3) is 5.05. The Bertz CT molecular complexity index is 1600. The zero-order chi connectivity index (χ0) is 28.6. The molecule has 0 amide bonds. The Hall–Kier alpha value is -3.88. The molecule has 0 aromatic heterocycles. The zero-order valence-corrected chi connectivity index (χ0v) is 21.8. The third-order valence-corrected chi connectivity index (χ3v) is 6.94. The number of ether oxygens (including phenoxy) is 3. The van der Waals surface area contributed by atoms with Gasteiger partial charge < -0.3 is 14.2 Å². The summed E-state index contributed by atoms with van der Waals surface area (Å²) < 4.78 is 106. The normalized spacial score (nSPS) is 15.7. The van der Waals surface area contributed by atoms with Crippen molar-refractivity contribution >= 4 is 21.5 Å². The molecule has 1 aliphatic heterocycles. The molecular formula is C31H26F6O3. The maximum Gasteiger partial charge on any atom is 0.429 e. The number of hydrogen-bond donors (Lipinski definition) is 0. The summed E-state index contributed by atoms with van der Waals surface area (Å²) in [6, 6.07) is 10.2. The van der Waals surface area contributed by atoms with E-state index in [1.165, 1.54) is 24.3 Å². The van der Waals surface area contributed by atoms with Gasteiger partial charge in [0, 0.05) is 23.1 Å². The molecule has 5 rings (SSSR count). The third-order valence-electron chi connectivity index (χ3n) is 6.94. The number of hydrogen-bond acceptors (Lipinski definition) is 3. The summed E-state index contributed by atoms with van der Waals surface area (Å²) in [7, 11) is 0. The van der Waals surface area contributed by atoms with Crippen molar-refractivity contribution in [2.45, 2.75) is 45.1 Å². The molecule has 0 radical (unpaired) electrons. The average Bonchev–Trinajstić information content (AvgIpc) is 2.94. The molecule has 0 bridgehead atoms. The smallest absolute Gasteiger partial charge is 0.429 e. The van der Waals surface area contributed by atoms with Crippen LogP contribution in [0.5, 0.6) is 11.5 Å². The van der Waals surface area contributed by atoms with Crippen molar-refractivity contribution in [2.75, 3.05) is 13.2 Å². The first-order valence-electron chi connectivity index (χ1n) is 13.0. The van der Waals surface area contributed by atoms with Gasteiger partial charge in [-0.1, -0.05) is 31.2 Å². The molecule has 1 aliphatic rings. The first kappa shape index (κ1) is 27.7. The van der Waals surface area contributed by atoms with E-state index in [1.54, 1.807) is 19.1 Å². The molecule has 0 fully saturated rings. The first-order chi connectivity index (χ1) is 19.1. The molecule has 4 aromatic carbocycles. The molecule has 0 N–H and O–H groups in total. The molecule has 0 saturated carbocycles. The van der Waals surface area contributed by atoms with Gasteiger partial charge in [-0.2, -0.15) is 13.2 Å². The zero-order valence-electron chi connectivity index (χ0n) is 21.8.